The molecule has 0 fully saturated rings. The van der Waals surface area contributed by atoms with Crippen molar-refractivity contribution in [2.45, 2.75) is 33.2 Å². The first-order chi connectivity index (χ1) is 9.49. The number of aryl methyl sites for hydroxylation is 1. The van der Waals surface area contributed by atoms with Crippen LogP contribution in [0.25, 0.3) is 0 Å². The van der Waals surface area contributed by atoms with Gasteiger partial charge in [-0.15, -0.1) is 10.2 Å². The number of aromatic amines is 2. The maximum Gasteiger partial charge on any atom is 0.264 e. The van der Waals surface area contributed by atoms with E-state index in [0.29, 0.717) is 17.3 Å². The number of nitrogens with zero attached hydrogens (tertiary/aromatic N) is 4. The minimum atomic E-state index is -0.517. The number of aromatic nitrogens is 6. The molecular formula is C11H15N7O2. The number of tetrazole rings is 1. The molecule has 2 heterocycles. The molecule has 0 aromatic carbocycles. The summed E-state index contributed by atoms with van der Waals surface area (Å²) in [4.78, 5) is 30.8. The molecule has 0 saturated carbocycles. The molecule has 0 aliphatic heterocycles. The third-order valence-electron chi connectivity index (χ3n) is 2.69. The summed E-state index contributed by atoms with van der Waals surface area (Å²) < 4.78 is 0. The van der Waals surface area contributed by atoms with E-state index in [1.807, 2.05) is 13.8 Å². The highest BCUT2D eigenvalue weighted by Crippen LogP contribution is 2.08. The molecule has 0 bridgehead atoms. The van der Waals surface area contributed by atoms with Gasteiger partial charge in [0.05, 0.1) is 12.2 Å². The first-order valence-electron chi connectivity index (χ1n) is 6.10. The molecule has 106 valence electrons. The number of hydrogen-bond acceptors (Lipinski definition) is 6. The molecule has 0 atom stereocenters. The van der Waals surface area contributed by atoms with E-state index >= 15 is 0 Å². The molecule has 1 amide bonds. The van der Waals surface area contributed by atoms with Gasteiger partial charge < -0.3 is 10.3 Å². The molecule has 2 aromatic rings. The van der Waals surface area contributed by atoms with Crippen LogP contribution in [0.4, 0.5) is 0 Å². The Kier molecular flexibility index (Phi) is 3.87. The predicted octanol–water partition coefficient (Wildman–Crippen LogP) is -0.355. The minimum Gasteiger partial charge on any atom is -0.344 e. The van der Waals surface area contributed by atoms with E-state index < -0.39 is 11.5 Å². The van der Waals surface area contributed by atoms with E-state index in [-0.39, 0.29) is 18.0 Å². The number of amides is 1. The lowest BCUT2D eigenvalue weighted by molar-refractivity contribution is 0.0947. The van der Waals surface area contributed by atoms with Gasteiger partial charge in [0.1, 0.15) is 11.4 Å². The van der Waals surface area contributed by atoms with Crippen molar-refractivity contribution in [3.63, 3.8) is 0 Å². The maximum atomic E-state index is 12.0. The number of nitrogens with one attached hydrogen (secondary N) is 3. The van der Waals surface area contributed by atoms with Gasteiger partial charge in [0.15, 0.2) is 5.82 Å². The Hall–Kier alpha value is -2.58. The average Bonchev–Trinajstić information content (AvgIpc) is 2.88. The fraction of sp³-hybridized carbons (Fsp3) is 0.455. The van der Waals surface area contributed by atoms with Crippen molar-refractivity contribution in [3.05, 3.63) is 33.3 Å². The Labute approximate surface area is 114 Å². The van der Waals surface area contributed by atoms with Crippen LogP contribution >= 0.6 is 0 Å². The van der Waals surface area contributed by atoms with E-state index in [4.69, 9.17) is 0 Å². The molecule has 3 N–H and O–H groups in total. The van der Waals surface area contributed by atoms with Gasteiger partial charge in [-0.2, -0.15) is 5.21 Å². The molecule has 0 spiro atoms. The highest BCUT2D eigenvalue weighted by Gasteiger charge is 2.17. The summed E-state index contributed by atoms with van der Waals surface area (Å²) in [5, 5.41) is 15.6. The second-order valence-electron chi connectivity index (χ2n) is 4.58. The van der Waals surface area contributed by atoms with Crippen molar-refractivity contribution in [2.24, 2.45) is 0 Å². The van der Waals surface area contributed by atoms with Crippen molar-refractivity contribution in [2.75, 3.05) is 0 Å². The lowest BCUT2D eigenvalue weighted by atomic mass is 10.1. The molecular weight excluding hydrogens is 262 g/mol. The van der Waals surface area contributed by atoms with E-state index in [0.717, 1.165) is 0 Å². The molecule has 20 heavy (non-hydrogen) atoms. The fourth-order valence-electron chi connectivity index (χ4n) is 1.65. The third kappa shape index (κ3) is 2.87. The fourth-order valence-corrected chi connectivity index (χ4v) is 1.65. The molecule has 2 aromatic heterocycles. The van der Waals surface area contributed by atoms with Crippen molar-refractivity contribution >= 4 is 5.91 Å². The van der Waals surface area contributed by atoms with Crippen LogP contribution in [-0.4, -0.2) is 36.5 Å². The van der Waals surface area contributed by atoms with E-state index in [1.54, 1.807) is 6.92 Å². The number of carbonyl (C=O) groups is 1. The number of H-pyrrole nitrogens is 2. The molecule has 0 aliphatic carbocycles. The normalized spacial score (nSPS) is 10.8. The highest BCUT2D eigenvalue weighted by atomic mass is 16.2. The quantitative estimate of drug-likeness (QED) is 0.700. The Bertz CT molecular complexity index is 660. The number of rotatable bonds is 4. The highest BCUT2D eigenvalue weighted by molar-refractivity contribution is 5.94. The van der Waals surface area contributed by atoms with Crippen LogP contribution in [0.5, 0.6) is 0 Å². The zero-order valence-corrected chi connectivity index (χ0v) is 11.4. The largest absolute Gasteiger partial charge is 0.344 e. The summed E-state index contributed by atoms with van der Waals surface area (Å²) >= 11 is 0. The first kappa shape index (κ1) is 13.8. The second-order valence-corrected chi connectivity index (χ2v) is 4.58. The van der Waals surface area contributed by atoms with Gasteiger partial charge in [0.25, 0.3) is 11.5 Å². The predicted molar refractivity (Wildman–Crippen MR) is 69.0 cm³/mol. The second kappa shape index (κ2) is 5.59. The van der Waals surface area contributed by atoms with Crippen LogP contribution < -0.4 is 10.9 Å². The van der Waals surface area contributed by atoms with Crippen LogP contribution in [0.2, 0.25) is 0 Å². The Morgan fingerprint density at radius 2 is 2.15 bits per heavy atom. The molecule has 9 nitrogen and oxygen atoms in total. The summed E-state index contributed by atoms with van der Waals surface area (Å²) in [6.07, 6.45) is 0. The average molecular weight is 277 g/mol. The molecule has 0 aliphatic rings. The van der Waals surface area contributed by atoms with Gasteiger partial charge in [-0.25, -0.2) is 4.98 Å². The van der Waals surface area contributed by atoms with Gasteiger partial charge in [-0.1, -0.05) is 19.1 Å². The Balaban J connectivity index is 2.20. The van der Waals surface area contributed by atoms with E-state index in [2.05, 4.69) is 35.9 Å². The Morgan fingerprint density at radius 3 is 2.70 bits per heavy atom. The van der Waals surface area contributed by atoms with Gasteiger partial charge in [0.2, 0.25) is 0 Å². The standard InChI is InChI=1S/C11H15N7O2/c1-5(2)9-13-6(3)8(11(20)14-9)10(19)12-4-7-15-17-18-16-7/h5H,4H2,1-3H3,(H,12,19)(H,13,14,20)(H,15,16,17,18). The minimum absolute atomic E-state index is 0.00195. The molecule has 2 rings (SSSR count). The maximum absolute atomic E-state index is 12.0. The summed E-state index contributed by atoms with van der Waals surface area (Å²) in [7, 11) is 0. The van der Waals surface area contributed by atoms with Crippen molar-refractivity contribution < 1.29 is 4.79 Å². The third-order valence-corrected chi connectivity index (χ3v) is 2.69. The van der Waals surface area contributed by atoms with Crippen LogP contribution in [0.15, 0.2) is 4.79 Å². The lowest BCUT2D eigenvalue weighted by Gasteiger charge is -2.09. The zero-order valence-electron chi connectivity index (χ0n) is 11.4. The number of carbonyl (C=O) groups excluding carboxylic acids is 1. The van der Waals surface area contributed by atoms with Crippen LogP contribution in [0.3, 0.4) is 0 Å². The van der Waals surface area contributed by atoms with E-state index in [9.17, 15) is 9.59 Å². The summed E-state index contributed by atoms with van der Waals surface area (Å²) in [5.74, 6) is 0.454. The topological polar surface area (TPSA) is 129 Å². The van der Waals surface area contributed by atoms with Crippen LogP contribution in [0.1, 0.15) is 47.5 Å². The van der Waals surface area contributed by atoms with Crippen molar-refractivity contribution in [1.29, 1.82) is 0 Å². The molecule has 9 heteroatoms. The zero-order chi connectivity index (χ0) is 14.7. The van der Waals surface area contributed by atoms with Gasteiger partial charge >= 0.3 is 0 Å². The summed E-state index contributed by atoms with van der Waals surface area (Å²) in [6.45, 7) is 5.53. The number of hydrogen-bond donors (Lipinski definition) is 3. The smallest absolute Gasteiger partial charge is 0.264 e. The van der Waals surface area contributed by atoms with Crippen molar-refractivity contribution in [1.82, 2.24) is 35.9 Å². The lowest BCUT2D eigenvalue weighted by Crippen LogP contribution is -2.32. The van der Waals surface area contributed by atoms with Gasteiger partial charge in [0, 0.05) is 5.92 Å². The molecule has 0 unspecified atom stereocenters. The SMILES string of the molecule is Cc1nc(C(C)C)[nH]c(=O)c1C(=O)NCc1nn[nH]n1. The molecule has 0 saturated heterocycles. The summed E-state index contributed by atoms with van der Waals surface area (Å²) in [5.41, 5.74) is -0.0623. The van der Waals surface area contributed by atoms with Crippen LogP contribution in [0, 0.1) is 6.92 Å². The first-order valence-corrected chi connectivity index (χ1v) is 6.10. The van der Waals surface area contributed by atoms with Gasteiger partial charge in [-0.3, -0.25) is 9.59 Å². The Morgan fingerprint density at radius 1 is 1.40 bits per heavy atom. The van der Waals surface area contributed by atoms with Gasteiger partial charge in [-0.05, 0) is 6.92 Å². The van der Waals surface area contributed by atoms with E-state index in [1.165, 1.54) is 0 Å². The van der Waals surface area contributed by atoms with Crippen LogP contribution in [-0.2, 0) is 6.54 Å². The monoisotopic (exact) mass is 277 g/mol. The van der Waals surface area contributed by atoms with Crippen molar-refractivity contribution in [3.8, 4) is 0 Å². The summed E-state index contributed by atoms with van der Waals surface area (Å²) in [6, 6.07) is 0. The molecule has 0 radical (unpaired) electrons.